The lowest BCUT2D eigenvalue weighted by atomic mass is 10.1. The van der Waals surface area contributed by atoms with Crippen LogP contribution in [0, 0.1) is 11.3 Å². The van der Waals surface area contributed by atoms with E-state index < -0.39 is 17.8 Å². The molecule has 0 heterocycles. The highest BCUT2D eigenvalue weighted by Crippen LogP contribution is 2.28. The summed E-state index contributed by atoms with van der Waals surface area (Å²) in [6.45, 7) is 0. The fourth-order valence-corrected chi connectivity index (χ4v) is 2.63. The van der Waals surface area contributed by atoms with Crippen molar-refractivity contribution in [2.75, 3.05) is 33.8 Å². The molecule has 0 aliphatic rings. The number of hydrogen-bond acceptors (Lipinski definition) is 8. The van der Waals surface area contributed by atoms with Gasteiger partial charge in [-0.3, -0.25) is 4.79 Å². The molecule has 0 aliphatic carbocycles. The predicted molar refractivity (Wildman–Crippen MR) is 111 cm³/mol. The molecule has 0 aliphatic heterocycles. The van der Waals surface area contributed by atoms with Crippen molar-refractivity contribution in [1.29, 1.82) is 5.26 Å². The Morgan fingerprint density at radius 3 is 1.94 bits per heavy atom. The van der Waals surface area contributed by atoms with Crippen LogP contribution in [0.15, 0.2) is 42.0 Å². The smallest absolute Gasteiger partial charge is 0.337 e. The van der Waals surface area contributed by atoms with Gasteiger partial charge in [0.2, 0.25) is 0 Å². The Kier molecular flexibility index (Phi) is 7.74. The van der Waals surface area contributed by atoms with E-state index in [1.807, 2.05) is 6.07 Å². The number of nitrogens with one attached hydrogen (secondary N) is 1. The maximum Gasteiger partial charge on any atom is 0.337 e. The van der Waals surface area contributed by atoms with Gasteiger partial charge in [-0.1, -0.05) is 6.07 Å². The van der Waals surface area contributed by atoms with Crippen LogP contribution in [0.1, 0.15) is 26.3 Å². The van der Waals surface area contributed by atoms with Crippen LogP contribution in [-0.2, 0) is 14.3 Å². The van der Waals surface area contributed by atoms with Gasteiger partial charge in [0.15, 0.2) is 11.5 Å². The number of amides is 1. The molecule has 0 radical (unpaired) electrons. The van der Waals surface area contributed by atoms with E-state index in [-0.39, 0.29) is 22.4 Å². The molecule has 0 aromatic heterocycles. The molecule has 9 heteroatoms. The number of carbonyl (C=O) groups is 3. The summed E-state index contributed by atoms with van der Waals surface area (Å²) >= 11 is 0. The van der Waals surface area contributed by atoms with E-state index in [2.05, 4.69) is 14.8 Å². The Hall–Kier alpha value is -4.32. The minimum absolute atomic E-state index is 0.0306. The number of ether oxygens (including phenoxy) is 4. The van der Waals surface area contributed by atoms with Crippen LogP contribution in [0.3, 0.4) is 0 Å². The van der Waals surface area contributed by atoms with Crippen LogP contribution in [0.2, 0.25) is 0 Å². The molecule has 31 heavy (non-hydrogen) atoms. The summed E-state index contributed by atoms with van der Waals surface area (Å²) in [5.74, 6) is -1.22. The van der Waals surface area contributed by atoms with Gasteiger partial charge in [-0.05, 0) is 42.0 Å². The summed E-state index contributed by atoms with van der Waals surface area (Å²) in [5, 5.41) is 11.9. The van der Waals surface area contributed by atoms with Gasteiger partial charge in [0, 0.05) is 5.69 Å². The number of anilines is 1. The second-order valence-corrected chi connectivity index (χ2v) is 6.02. The molecule has 2 rings (SSSR count). The quantitative estimate of drug-likeness (QED) is 0.409. The highest BCUT2D eigenvalue weighted by molar-refractivity contribution is 6.10. The number of methoxy groups -OCH3 is 4. The largest absolute Gasteiger partial charge is 0.493 e. The predicted octanol–water partition coefficient (Wildman–Crippen LogP) is 2.82. The lowest BCUT2D eigenvalue weighted by Crippen LogP contribution is -2.15. The molecule has 0 spiro atoms. The molecule has 0 atom stereocenters. The molecule has 0 fully saturated rings. The fourth-order valence-electron chi connectivity index (χ4n) is 2.63. The average Bonchev–Trinajstić information content (AvgIpc) is 2.80. The molecular formula is C22H20N2O7. The van der Waals surface area contributed by atoms with E-state index in [9.17, 15) is 19.6 Å². The average molecular weight is 424 g/mol. The number of benzene rings is 2. The molecule has 0 saturated heterocycles. The Labute approximate surface area is 178 Å². The zero-order valence-electron chi connectivity index (χ0n) is 17.3. The SMILES string of the molecule is COC(=O)c1cc(NC(=O)C(C#N)=Cc2ccc(OC)c(OC)c2)cc(C(=O)OC)c1. The van der Waals surface area contributed by atoms with Gasteiger partial charge in [-0.2, -0.15) is 5.26 Å². The van der Waals surface area contributed by atoms with Gasteiger partial charge in [-0.15, -0.1) is 0 Å². The van der Waals surface area contributed by atoms with Crippen molar-refractivity contribution in [1.82, 2.24) is 0 Å². The van der Waals surface area contributed by atoms with Crippen molar-refractivity contribution in [2.45, 2.75) is 0 Å². The van der Waals surface area contributed by atoms with Crippen molar-refractivity contribution in [3.8, 4) is 17.6 Å². The van der Waals surface area contributed by atoms with Crippen molar-refractivity contribution in [3.05, 3.63) is 58.7 Å². The molecule has 1 amide bonds. The van der Waals surface area contributed by atoms with Gasteiger partial charge in [0.25, 0.3) is 5.91 Å². The first-order valence-electron chi connectivity index (χ1n) is 8.83. The lowest BCUT2D eigenvalue weighted by molar-refractivity contribution is -0.112. The van der Waals surface area contributed by atoms with Crippen LogP contribution >= 0.6 is 0 Å². The Bertz CT molecular complexity index is 1050. The Morgan fingerprint density at radius 1 is 0.871 bits per heavy atom. The first-order chi connectivity index (χ1) is 14.9. The van der Waals surface area contributed by atoms with Gasteiger partial charge in [0.1, 0.15) is 11.6 Å². The minimum Gasteiger partial charge on any atom is -0.493 e. The van der Waals surface area contributed by atoms with Gasteiger partial charge in [0.05, 0.1) is 39.6 Å². The van der Waals surface area contributed by atoms with E-state index in [1.54, 1.807) is 18.2 Å². The van der Waals surface area contributed by atoms with E-state index in [4.69, 9.17) is 9.47 Å². The number of carbonyl (C=O) groups excluding carboxylic acids is 3. The number of esters is 2. The second-order valence-electron chi connectivity index (χ2n) is 6.02. The zero-order chi connectivity index (χ0) is 23.0. The zero-order valence-corrected chi connectivity index (χ0v) is 17.3. The molecule has 0 unspecified atom stereocenters. The number of nitrogens with zero attached hydrogens (tertiary/aromatic N) is 1. The van der Waals surface area contributed by atoms with Crippen LogP contribution in [0.5, 0.6) is 11.5 Å². The van der Waals surface area contributed by atoms with Crippen molar-refractivity contribution in [3.63, 3.8) is 0 Å². The van der Waals surface area contributed by atoms with Crippen molar-refractivity contribution < 1.29 is 33.3 Å². The van der Waals surface area contributed by atoms with Crippen LogP contribution < -0.4 is 14.8 Å². The first kappa shape index (κ1) is 23.0. The number of nitriles is 1. The summed E-state index contributed by atoms with van der Waals surface area (Å²) in [5.41, 5.74) is 0.492. The van der Waals surface area contributed by atoms with Crippen molar-refractivity contribution >= 4 is 29.6 Å². The lowest BCUT2D eigenvalue weighted by Gasteiger charge is -2.10. The van der Waals surface area contributed by atoms with Crippen LogP contribution in [-0.4, -0.2) is 46.3 Å². The molecule has 0 bridgehead atoms. The summed E-state index contributed by atoms with van der Waals surface area (Å²) in [6, 6.07) is 10.6. The third kappa shape index (κ3) is 5.61. The maximum atomic E-state index is 12.6. The molecule has 1 N–H and O–H groups in total. The third-order valence-electron chi connectivity index (χ3n) is 4.12. The van der Waals surface area contributed by atoms with Crippen LogP contribution in [0.25, 0.3) is 6.08 Å². The summed E-state index contributed by atoms with van der Waals surface area (Å²) in [7, 11) is 5.33. The Balaban J connectivity index is 2.38. The first-order valence-corrected chi connectivity index (χ1v) is 8.83. The summed E-state index contributed by atoms with van der Waals surface area (Å²) in [4.78, 5) is 36.4. The molecule has 0 saturated carbocycles. The summed E-state index contributed by atoms with van der Waals surface area (Å²) in [6.07, 6.45) is 1.36. The van der Waals surface area contributed by atoms with Gasteiger partial charge < -0.3 is 24.3 Å². The molecular weight excluding hydrogens is 404 g/mol. The summed E-state index contributed by atoms with van der Waals surface area (Å²) < 4.78 is 19.7. The van der Waals surface area contributed by atoms with E-state index in [0.717, 1.165) is 0 Å². The number of hydrogen-bond donors (Lipinski definition) is 1. The van der Waals surface area contributed by atoms with E-state index >= 15 is 0 Å². The van der Waals surface area contributed by atoms with Crippen LogP contribution in [0.4, 0.5) is 5.69 Å². The molecule has 9 nitrogen and oxygen atoms in total. The second kappa shape index (κ2) is 10.5. The molecule has 2 aromatic carbocycles. The van der Waals surface area contributed by atoms with Gasteiger partial charge >= 0.3 is 11.9 Å². The highest BCUT2D eigenvalue weighted by Gasteiger charge is 2.17. The fraction of sp³-hybridized carbons (Fsp3) is 0.182. The van der Waals surface area contributed by atoms with Gasteiger partial charge in [-0.25, -0.2) is 9.59 Å². The maximum absolute atomic E-state index is 12.6. The third-order valence-corrected chi connectivity index (χ3v) is 4.12. The normalized spacial score (nSPS) is 10.5. The standard InChI is InChI=1S/C22H20N2O7/c1-28-18-6-5-13(8-19(18)29-2)7-16(12-23)20(25)24-17-10-14(21(26)30-3)9-15(11-17)22(27)31-4/h5-11H,1-4H3,(H,24,25). The minimum atomic E-state index is -0.741. The van der Waals surface area contributed by atoms with Crippen molar-refractivity contribution in [2.24, 2.45) is 0 Å². The topological polar surface area (TPSA) is 124 Å². The monoisotopic (exact) mass is 424 g/mol. The van der Waals surface area contributed by atoms with E-state index in [1.165, 1.54) is 52.7 Å². The molecule has 2 aromatic rings. The molecule has 160 valence electrons. The van der Waals surface area contributed by atoms with E-state index in [0.29, 0.717) is 17.1 Å². The Morgan fingerprint density at radius 2 is 1.45 bits per heavy atom. The highest BCUT2D eigenvalue weighted by atomic mass is 16.5. The number of rotatable bonds is 7.